The van der Waals surface area contributed by atoms with Gasteiger partial charge in [0.25, 0.3) is 0 Å². The van der Waals surface area contributed by atoms with E-state index in [1.807, 2.05) is 47.4 Å². The molecular formula is C25H29N3O4. The number of nitrogens with one attached hydrogen (secondary N) is 1. The molecule has 1 atom stereocenters. The first-order chi connectivity index (χ1) is 15.7. The van der Waals surface area contributed by atoms with Gasteiger partial charge in [0.15, 0.2) is 11.5 Å². The topological polar surface area (TPSA) is 71.1 Å². The van der Waals surface area contributed by atoms with Crippen molar-refractivity contribution in [3.8, 4) is 11.5 Å². The Balaban J connectivity index is 1.23. The fraction of sp³-hybridized carbons (Fsp3) is 0.440. The van der Waals surface area contributed by atoms with Crippen LogP contribution in [0, 0.1) is 5.92 Å². The largest absolute Gasteiger partial charge is 0.454 e. The lowest BCUT2D eigenvalue weighted by Crippen LogP contribution is -2.46. The molecule has 0 radical (unpaired) electrons. The number of carbonyl (C=O) groups excluding carboxylic acids is 2. The van der Waals surface area contributed by atoms with Crippen LogP contribution in [-0.4, -0.2) is 54.6 Å². The number of hydrogen-bond donors (Lipinski definition) is 1. The third-order valence-electron chi connectivity index (χ3n) is 6.67. The first-order valence-corrected chi connectivity index (χ1v) is 11.5. The van der Waals surface area contributed by atoms with Crippen LogP contribution in [0.5, 0.6) is 11.5 Å². The van der Waals surface area contributed by atoms with Gasteiger partial charge in [-0.05, 0) is 56.5 Å². The maximum Gasteiger partial charge on any atom is 0.244 e. The molecule has 0 bridgehead atoms. The van der Waals surface area contributed by atoms with E-state index in [0.29, 0.717) is 17.2 Å². The van der Waals surface area contributed by atoms with E-state index in [9.17, 15) is 9.59 Å². The van der Waals surface area contributed by atoms with E-state index >= 15 is 0 Å². The van der Waals surface area contributed by atoms with Crippen molar-refractivity contribution in [2.24, 2.45) is 5.92 Å². The van der Waals surface area contributed by atoms with Gasteiger partial charge in [-0.2, -0.15) is 0 Å². The highest BCUT2D eigenvalue weighted by Crippen LogP contribution is 2.35. The van der Waals surface area contributed by atoms with E-state index in [-0.39, 0.29) is 30.6 Å². The van der Waals surface area contributed by atoms with Crippen molar-refractivity contribution in [1.29, 1.82) is 0 Å². The summed E-state index contributed by atoms with van der Waals surface area (Å²) in [4.78, 5) is 30.5. The molecule has 0 aliphatic carbocycles. The highest BCUT2D eigenvalue weighted by molar-refractivity contribution is 5.93. The number of carbonyl (C=O) groups is 2. The monoisotopic (exact) mass is 435 g/mol. The Kier molecular flexibility index (Phi) is 5.99. The highest BCUT2D eigenvalue weighted by atomic mass is 16.7. The Morgan fingerprint density at radius 1 is 0.906 bits per heavy atom. The van der Waals surface area contributed by atoms with Gasteiger partial charge in [-0.1, -0.05) is 30.3 Å². The van der Waals surface area contributed by atoms with Crippen molar-refractivity contribution >= 4 is 17.5 Å². The van der Waals surface area contributed by atoms with E-state index < -0.39 is 0 Å². The van der Waals surface area contributed by atoms with Crippen molar-refractivity contribution in [1.82, 2.24) is 9.80 Å². The molecule has 3 aliphatic heterocycles. The first-order valence-electron chi connectivity index (χ1n) is 11.5. The number of rotatable bonds is 5. The molecule has 3 heterocycles. The van der Waals surface area contributed by atoms with Gasteiger partial charge >= 0.3 is 0 Å². The van der Waals surface area contributed by atoms with E-state index in [1.54, 1.807) is 6.07 Å². The van der Waals surface area contributed by atoms with Crippen molar-refractivity contribution in [3.63, 3.8) is 0 Å². The van der Waals surface area contributed by atoms with Gasteiger partial charge in [0.2, 0.25) is 18.6 Å². The molecule has 2 fully saturated rings. The summed E-state index contributed by atoms with van der Waals surface area (Å²) in [6.45, 7) is 3.34. The third kappa shape index (κ3) is 4.30. The molecule has 2 aromatic carbocycles. The van der Waals surface area contributed by atoms with Crippen LogP contribution in [0.25, 0.3) is 0 Å². The van der Waals surface area contributed by atoms with Crippen molar-refractivity contribution in [2.75, 3.05) is 38.3 Å². The maximum atomic E-state index is 13.4. The predicted octanol–water partition coefficient (Wildman–Crippen LogP) is 3.43. The summed E-state index contributed by atoms with van der Waals surface area (Å²) in [5.41, 5.74) is 1.75. The molecule has 0 saturated carbocycles. The number of piperidine rings is 1. The average molecular weight is 436 g/mol. The minimum absolute atomic E-state index is 0.0191. The van der Waals surface area contributed by atoms with Crippen LogP contribution >= 0.6 is 0 Å². The zero-order valence-electron chi connectivity index (χ0n) is 18.2. The molecule has 0 spiro atoms. The number of fused-ring (bicyclic) bond motifs is 1. The highest BCUT2D eigenvalue weighted by Gasteiger charge is 2.36. The molecule has 2 saturated heterocycles. The van der Waals surface area contributed by atoms with Crippen molar-refractivity contribution < 1.29 is 19.1 Å². The van der Waals surface area contributed by atoms with Gasteiger partial charge in [-0.25, -0.2) is 0 Å². The summed E-state index contributed by atoms with van der Waals surface area (Å²) < 4.78 is 10.7. The Bertz CT molecular complexity index is 966. The minimum atomic E-state index is -0.271. The number of ether oxygens (including phenoxy) is 2. The summed E-state index contributed by atoms with van der Waals surface area (Å²) in [6.07, 6.45) is 3.62. The third-order valence-corrected chi connectivity index (χ3v) is 6.67. The van der Waals surface area contributed by atoms with E-state index in [2.05, 4.69) is 10.2 Å². The van der Waals surface area contributed by atoms with Crippen LogP contribution in [-0.2, 0) is 9.59 Å². The summed E-state index contributed by atoms with van der Waals surface area (Å²) in [7, 11) is 0. The summed E-state index contributed by atoms with van der Waals surface area (Å²) in [6, 6.07) is 15.2. The van der Waals surface area contributed by atoms with Gasteiger partial charge in [0.1, 0.15) is 6.04 Å². The van der Waals surface area contributed by atoms with E-state index in [4.69, 9.17) is 9.47 Å². The zero-order chi connectivity index (χ0) is 21.9. The molecule has 1 unspecified atom stereocenters. The van der Waals surface area contributed by atoms with Crippen LogP contribution in [0.1, 0.15) is 37.3 Å². The summed E-state index contributed by atoms with van der Waals surface area (Å²) >= 11 is 0. The lowest BCUT2D eigenvalue weighted by molar-refractivity contribution is -0.137. The quantitative estimate of drug-likeness (QED) is 0.779. The van der Waals surface area contributed by atoms with Gasteiger partial charge in [0, 0.05) is 30.8 Å². The number of nitrogens with zero attached hydrogens (tertiary/aromatic N) is 2. The number of likely N-dealkylation sites (tertiary alicyclic amines) is 2. The smallest absolute Gasteiger partial charge is 0.244 e. The van der Waals surface area contributed by atoms with Gasteiger partial charge in [0.05, 0.1) is 0 Å². The van der Waals surface area contributed by atoms with E-state index in [1.165, 1.54) is 0 Å². The molecule has 0 aromatic heterocycles. The molecule has 2 aromatic rings. The Morgan fingerprint density at radius 2 is 1.62 bits per heavy atom. The normalized spacial score (nSPS) is 19.7. The van der Waals surface area contributed by atoms with Gasteiger partial charge in [-0.15, -0.1) is 0 Å². The molecule has 1 N–H and O–H groups in total. The molecule has 3 aliphatic rings. The van der Waals surface area contributed by atoms with E-state index in [0.717, 1.165) is 57.4 Å². The van der Waals surface area contributed by atoms with Crippen LogP contribution in [0.15, 0.2) is 48.5 Å². The zero-order valence-corrected chi connectivity index (χ0v) is 18.2. The second kappa shape index (κ2) is 9.20. The van der Waals surface area contributed by atoms with Crippen LogP contribution in [0.3, 0.4) is 0 Å². The minimum Gasteiger partial charge on any atom is -0.454 e. The number of anilines is 1. The number of amides is 2. The lowest BCUT2D eigenvalue weighted by Gasteiger charge is -2.38. The lowest BCUT2D eigenvalue weighted by atomic mass is 9.93. The summed E-state index contributed by atoms with van der Waals surface area (Å²) in [5, 5.41) is 3.02. The number of benzene rings is 2. The molecule has 32 heavy (non-hydrogen) atoms. The van der Waals surface area contributed by atoms with Crippen molar-refractivity contribution in [3.05, 3.63) is 54.1 Å². The fourth-order valence-corrected chi connectivity index (χ4v) is 4.89. The Labute approximate surface area is 188 Å². The maximum absolute atomic E-state index is 13.4. The molecule has 168 valence electrons. The Hall–Kier alpha value is -3.06. The fourth-order valence-electron chi connectivity index (χ4n) is 4.89. The molecule has 7 heteroatoms. The van der Waals surface area contributed by atoms with Crippen LogP contribution in [0.4, 0.5) is 5.69 Å². The predicted molar refractivity (Wildman–Crippen MR) is 120 cm³/mol. The molecular weight excluding hydrogens is 406 g/mol. The second-order valence-corrected chi connectivity index (χ2v) is 8.71. The number of hydrogen-bond acceptors (Lipinski definition) is 5. The Morgan fingerprint density at radius 3 is 2.38 bits per heavy atom. The molecule has 2 amide bonds. The van der Waals surface area contributed by atoms with Gasteiger partial charge in [-0.3, -0.25) is 14.5 Å². The molecule has 7 nitrogen and oxygen atoms in total. The average Bonchev–Trinajstić information content (AvgIpc) is 3.52. The van der Waals surface area contributed by atoms with Crippen LogP contribution in [0.2, 0.25) is 0 Å². The SMILES string of the molecule is O=C(Nc1ccc2c(c1)OCO2)C1CCN(C(C(=O)N2CCCC2)c2ccccc2)CC1. The van der Waals surface area contributed by atoms with Gasteiger partial charge < -0.3 is 19.7 Å². The second-order valence-electron chi connectivity index (χ2n) is 8.71. The first kappa shape index (κ1) is 20.8. The van der Waals surface area contributed by atoms with Crippen LogP contribution < -0.4 is 14.8 Å². The molecule has 5 rings (SSSR count). The summed E-state index contributed by atoms with van der Waals surface area (Å²) in [5.74, 6) is 1.49. The van der Waals surface area contributed by atoms with Crippen molar-refractivity contribution in [2.45, 2.75) is 31.7 Å². The standard InChI is InChI=1S/C25H29N3O4/c29-24(26-20-8-9-21-22(16-20)32-17-31-21)19-10-14-27(15-11-19)23(18-6-2-1-3-7-18)25(30)28-12-4-5-13-28/h1-3,6-9,16,19,23H,4-5,10-15,17H2,(H,26,29).